The summed E-state index contributed by atoms with van der Waals surface area (Å²) in [5, 5.41) is 4.87. The van der Waals surface area contributed by atoms with Crippen molar-refractivity contribution in [3.8, 4) is 0 Å². The maximum atomic E-state index is 13.5. The zero-order valence-electron chi connectivity index (χ0n) is 14.6. The maximum absolute atomic E-state index is 13.5. The van der Waals surface area contributed by atoms with Crippen molar-refractivity contribution >= 4 is 23.8 Å². The first-order valence-electron chi connectivity index (χ1n) is 8.31. The molecule has 0 spiro atoms. The second-order valence-electron chi connectivity index (χ2n) is 5.84. The van der Waals surface area contributed by atoms with Gasteiger partial charge in [0.1, 0.15) is 11.6 Å². The van der Waals surface area contributed by atoms with E-state index >= 15 is 0 Å². The summed E-state index contributed by atoms with van der Waals surface area (Å²) in [6.45, 7) is 1.98. The van der Waals surface area contributed by atoms with Crippen molar-refractivity contribution in [2.24, 2.45) is 0 Å². The van der Waals surface area contributed by atoms with Gasteiger partial charge in [-0.05, 0) is 25.5 Å². The zero-order chi connectivity index (χ0) is 20.0. The maximum Gasteiger partial charge on any atom is 0.324 e. The Morgan fingerprint density at radius 1 is 1.33 bits per heavy atom. The molecule has 1 atom stereocenters. The van der Waals surface area contributed by atoms with Gasteiger partial charge in [-0.1, -0.05) is 0 Å². The summed E-state index contributed by atoms with van der Waals surface area (Å²) >= 11 is 0. The van der Waals surface area contributed by atoms with Crippen LogP contribution in [0.1, 0.15) is 30.1 Å². The van der Waals surface area contributed by atoms with Gasteiger partial charge in [-0.15, -0.1) is 0 Å². The van der Waals surface area contributed by atoms with Gasteiger partial charge in [0.2, 0.25) is 0 Å². The summed E-state index contributed by atoms with van der Waals surface area (Å²) in [6.07, 6.45) is -1.00. The molecule has 4 amide bonds. The standard InChI is InChI=1S/C17H19F2N3O5/c1-10(16(25)22-8-7-21-17(22)26)27-14(23)3-2-6-20-15(24)12-5-4-11(18)9-13(12)19/h4-5,9-10H,2-3,6-8H2,1H3,(H,20,24)(H,21,26). The molecule has 1 heterocycles. The number of nitrogens with one attached hydrogen (secondary N) is 2. The molecule has 27 heavy (non-hydrogen) atoms. The van der Waals surface area contributed by atoms with E-state index in [2.05, 4.69) is 10.6 Å². The highest BCUT2D eigenvalue weighted by Crippen LogP contribution is 2.09. The highest BCUT2D eigenvalue weighted by molar-refractivity contribution is 5.98. The molecule has 1 saturated heterocycles. The first-order chi connectivity index (χ1) is 12.8. The predicted octanol–water partition coefficient (Wildman–Crippen LogP) is 0.958. The molecule has 1 aliphatic heterocycles. The van der Waals surface area contributed by atoms with Gasteiger partial charge in [-0.3, -0.25) is 19.3 Å². The average molecular weight is 383 g/mol. The minimum atomic E-state index is -1.11. The van der Waals surface area contributed by atoms with Crippen LogP contribution in [-0.4, -0.2) is 54.5 Å². The first-order valence-corrected chi connectivity index (χ1v) is 8.31. The molecule has 1 unspecified atom stereocenters. The number of rotatable bonds is 7. The van der Waals surface area contributed by atoms with E-state index < -0.39 is 41.6 Å². The number of carbonyl (C=O) groups is 4. The van der Waals surface area contributed by atoms with Crippen molar-refractivity contribution in [3.63, 3.8) is 0 Å². The van der Waals surface area contributed by atoms with Gasteiger partial charge in [0.05, 0.1) is 5.56 Å². The van der Waals surface area contributed by atoms with E-state index in [0.717, 1.165) is 17.0 Å². The van der Waals surface area contributed by atoms with Crippen molar-refractivity contribution < 1.29 is 32.7 Å². The molecular formula is C17H19F2N3O5. The van der Waals surface area contributed by atoms with E-state index in [0.29, 0.717) is 12.6 Å². The van der Waals surface area contributed by atoms with E-state index in [1.54, 1.807) is 0 Å². The molecule has 1 aromatic carbocycles. The van der Waals surface area contributed by atoms with Gasteiger partial charge >= 0.3 is 12.0 Å². The molecule has 10 heteroatoms. The molecule has 0 aromatic heterocycles. The van der Waals surface area contributed by atoms with Crippen molar-refractivity contribution in [2.75, 3.05) is 19.6 Å². The minimum absolute atomic E-state index is 0.0572. The summed E-state index contributed by atoms with van der Waals surface area (Å²) in [4.78, 5) is 47.9. The van der Waals surface area contributed by atoms with Crippen molar-refractivity contribution in [1.29, 1.82) is 0 Å². The molecule has 0 radical (unpaired) electrons. The number of nitrogens with zero attached hydrogens (tertiary/aromatic N) is 1. The monoisotopic (exact) mass is 383 g/mol. The number of benzene rings is 1. The van der Waals surface area contributed by atoms with E-state index in [9.17, 15) is 28.0 Å². The lowest BCUT2D eigenvalue weighted by Crippen LogP contribution is -2.41. The molecule has 1 aromatic rings. The molecule has 0 saturated carbocycles. The number of hydrogen-bond acceptors (Lipinski definition) is 5. The van der Waals surface area contributed by atoms with Gasteiger partial charge < -0.3 is 15.4 Å². The van der Waals surface area contributed by atoms with Gasteiger partial charge in [-0.2, -0.15) is 0 Å². The van der Waals surface area contributed by atoms with Crippen molar-refractivity contribution in [1.82, 2.24) is 15.5 Å². The number of halogens is 2. The zero-order valence-corrected chi connectivity index (χ0v) is 14.6. The number of ether oxygens (including phenoxy) is 1. The third-order valence-electron chi connectivity index (χ3n) is 3.80. The highest BCUT2D eigenvalue weighted by Gasteiger charge is 2.31. The molecule has 146 valence electrons. The van der Waals surface area contributed by atoms with Crippen LogP contribution in [0.3, 0.4) is 0 Å². The Hall–Kier alpha value is -3.04. The van der Waals surface area contributed by atoms with Crippen LogP contribution in [0.5, 0.6) is 0 Å². The Morgan fingerprint density at radius 3 is 2.70 bits per heavy atom. The first kappa shape index (κ1) is 20.3. The fourth-order valence-electron chi connectivity index (χ4n) is 2.41. The highest BCUT2D eigenvalue weighted by atomic mass is 19.1. The quantitative estimate of drug-likeness (QED) is 0.539. The lowest BCUT2D eigenvalue weighted by atomic mass is 10.2. The van der Waals surface area contributed by atoms with E-state index in [1.165, 1.54) is 6.92 Å². The molecule has 2 N–H and O–H groups in total. The van der Waals surface area contributed by atoms with Crippen LogP contribution in [0.4, 0.5) is 13.6 Å². The van der Waals surface area contributed by atoms with Gasteiger partial charge in [0.25, 0.3) is 11.8 Å². The summed E-state index contributed by atoms with van der Waals surface area (Å²) < 4.78 is 31.3. The van der Waals surface area contributed by atoms with Gasteiger partial charge in [0, 0.05) is 32.1 Å². The second-order valence-corrected chi connectivity index (χ2v) is 5.84. The van der Waals surface area contributed by atoms with E-state index in [1.807, 2.05) is 0 Å². The van der Waals surface area contributed by atoms with Crippen LogP contribution in [0.2, 0.25) is 0 Å². The minimum Gasteiger partial charge on any atom is -0.453 e. The number of esters is 1. The number of urea groups is 1. The fraction of sp³-hybridized carbons (Fsp3) is 0.412. The topological polar surface area (TPSA) is 105 Å². The number of carbonyl (C=O) groups excluding carboxylic acids is 4. The Bertz CT molecular complexity index is 756. The predicted molar refractivity (Wildman–Crippen MR) is 88.6 cm³/mol. The summed E-state index contributed by atoms with van der Waals surface area (Å²) in [5.74, 6) is -3.78. The molecule has 2 rings (SSSR count). The largest absolute Gasteiger partial charge is 0.453 e. The molecule has 1 fully saturated rings. The van der Waals surface area contributed by atoms with Gasteiger partial charge in [-0.25, -0.2) is 13.6 Å². The van der Waals surface area contributed by atoms with Crippen LogP contribution < -0.4 is 10.6 Å². The van der Waals surface area contributed by atoms with E-state index in [-0.39, 0.29) is 31.5 Å². The van der Waals surface area contributed by atoms with Crippen LogP contribution in [0.25, 0.3) is 0 Å². The molecule has 8 nitrogen and oxygen atoms in total. The smallest absolute Gasteiger partial charge is 0.324 e. The normalized spacial score (nSPS) is 14.5. The fourth-order valence-corrected chi connectivity index (χ4v) is 2.41. The van der Waals surface area contributed by atoms with Gasteiger partial charge in [0.15, 0.2) is 6.10 Å². The van der Waals surface area contributed by atoms with Crippen LogP contribution in [0, 0.1) is 11.6 Å². The Balaban J connectivity index is 1.70. The summed E-state index contributed by atoms with van der Waals surface area (Å²) in [6, 6.07) is 2.06. The summed E-state index contributed by atoms with van der Waals surface area (Å²) in [7, 11) is 0. The molecule has 1 aliphatic rings. The molecule has 0 bridgehead atoms. The third-order valence-corrected chi connectivity index (χ3v) is 3.80. The number of imide groups is 1. The summed E-state index contributed by atoms with van der Waals surface area (Å²) in [5.41, 5.74) is -0.304. The average Bonchev–Trinajstić information content (AvgIpc) is 3.03. The Labute approximate surface area is 153 Å². The Morgan fingerprint density at radius 2 is 2.07 bits per heavy atom. The lowest BCUT2D eigenvalue weighted by molar-refractivity contribution is -0.157. The number of hydrogen-bond donors (Lipinski definition) is 2. The SMILES string of the molecule is CC(OC(=O)CCCNC(=O)c1ccc(F)cc1F)C(=O)N1CCNC1=O. The van der Waals surface area contributed by atoms with Crippen molar-refractivity contribution in [2.45, 2.75) is 25.9 Å². The van der Waals surface area contributed by atoms with Crippen LogP contribution in [0.15, 0.2) is 18.2 Å². The lowest BCUT2D eigenvalue weighted by Gasteiger charge is -2.18. The molecular weight excluding hydrogens is 364 g/mol. The van der Waals surface area contributed by atoms with E-state index in [4.69, 9.17) is 4.74 Å². The second kappa shape index (κ2) is 9.06. The van der Waals surface area contributed by atoms with Crippen molar-refractivity contribution in [3.05, 3.63) is 35.4 Å². The van der Waals surface area contributed by atoms with Crippen LogP contribution >= 0.6 is 0 Å². The third kappa shape index (κ3) is 5.47. The number of amides is 4. The van der Waals surface area contributed by atoms with Crippen LogP contribution in [-0.2, 0) is 14.3 Å². The molecule has 0 aliphatic carbocycles. The Kier molecular flexibility index (Phi) is 6.80.